The SMILES string of the molecule is Cc1ccc(Cc2nnc(NC(=O)c3ccc(S(=O)(=O)N4CCCC(C)C4)cc3)o2)c(C)c1. The molecule has 8 nitrogen and oxygen atoms in total. The van der Waals surface area contributed by atoms with E-state index < -0.39 is 15.9 Å². The number of amides is 1. The Morgan fingerprint density at radius 2 is 1.91 bits per heavy atom. The largest absolute Gasteiger partial charge is 0.407 e. The van der Waals surface area contributed by atoms with E-state index in [0.29, 0.717) is 36.9 Å². The summed E-state index contributed by atoms with van der Waals surface area (Å²) < 4.78 is 32.9. The van der Waals surface area contributed by atoms with Gasteiger partial charge in [0.1, 0.15) is 0 Å². The molecule has 33 heavy (non-hydrogen) atoms. The Morgan fingerprint density at radius 1 is 1.15 bits per heavy atom. The molecule has 174 valence electrons. The van der Waals surface area contributed by atoms with Gasteiger partial charge in [0.05, 0.1) is 11.3 Å². The van der Waals surface area contributed by atoms with E-state index in [1.54, 1.807) is 0 Å². The second kappa shape index (κ2) is 9.44. The number of anilines is 1. The van der Waals surface area contributed by atoms with Crippen LogP contribution >= 0.6 is 0 Å². The van der Waals surface area contributed by atoms with Crippen LogP contribution in [0.1, 0.15) is 52.7 Å². The van der Waals surface area contributed by atoms with E-state index in [4.69, 9.17) is 4.42 Å². The normalized spacial score (nSPS) is 17.1. The van der Waals surface area contributed by atoms with E-state index in [2.05, 4.69) is 28.5 Å². The lowest BCUT2D eigenvalue weighted by molar-refractivity contribution is 0.102. The van der Waals surface area contributed by atoms with Gasteiger partial charge in [0, 0.05) is 18.7 Å². The van der Waals surface area contributed by atoms with E-state index in [0.717, 1.165) is 24.0 Å². The van der Waals surface area contributed by atoms with Crippen LogP contribution in [0.3, 0.4) is 0 Å². The van der Waals surface area contributed by atoms with Crippen LogP contribution < -0.4 is 5.32 Å². The van der Waals surface area contributed by atoms with Crippen molar-refractivity contribution < 1.29 is 17.6 Å². The second-order valence-corrected chi connectivity index (χ2v) is 10.6. The lowest BCUT2D eigenvalue weighted by atomic mass is 10.0. The highest BCUT2D eigenvalue weighted by molar-refractivity contribution is 7.89. The number of rotatable bonds is 6. The number of aromatic nitrogens is 2. The third-order valence-corrected chi connectivity index (χ3v) is 7.78. The van der Waals surface area contributed by atoms with Gasteiger partial charge >= 0.3 is 6.01 Å². The third-order valence-electron chi connectivity index (χ3n) is 5.90. The van der Waals surface area contributed by atoms with Crippen LogP contribution in [0.5, 0.6) is 0 Å². The van der Waals surface area contributed by atoms with E-state index in [1.165, 1.54) is 34.1 Å². The van der Waals surface area contributed by atoms with E-state index in [1.807, 2.05) is 26.0 Å². The van der Waals surface area contributed by atoms with E-state index in [-0.39, 0.29) is 10.9 Å². The van der Waals surface area contributed by atoms with Crippen LogP contribution in [0.25, 0.3) is 0 Å². The standard InChI is InChI=1S/C24H28N4O4S/c1-16-6-7-20(18(3)13-16)14-22-26-27-24(32-22)25-23(29)19-8-10-21(11-9-19)33(30,31)28-12-4-5-17(2)15-28/h6-11,13,17H,4-5,12,14-15H2,1-3H3,(H,25,27,29). The van der Waals surface area contributed by atoms with E-state index >= 15 is 0 Å². The monoisotopic (exact) mass is 468 g/mol. The molecule has 4 rings (SSSR count). The summed E-state index contributed by atoms with van der Waals surface area (Å²) in [5, 5.41) is 10.5. The summed E-state index contributed by atoms with van der Waals surface area (Å²) in [6.07, 6.45) is 2.36. The Hall–Kier alpha value is -3.04. The van der Waals surface area contributed by atoms with Gasteiger partial charge in [0.15, 0.2) is 0 Å². The first-order chi connectivity index (χ1) is 15.7. The highest BCUT2D eigenvalue weighted by Crippen LogP contribution is 2.24. The van der Waals surface area contributed by atoms with Gasteiger partial charge in [-0.1, -0.05) is 35.8 Å². The minimum atomic E-state index is -3.57. The van der Waals surface area contributed by atoms with Gasteiger partial charge < -0.3 is 4.42 Å². The van der Waals surface area contributed by atoms with Gasteiger partial charge in [0.25, 0.3) is 5.91 Å². The molecule has 0 radical (unpaired) electrons. The maximum atomic E-state index is 12.9. The lowest BCUT2D eigenvalue weighted by Gasteiger charge is -2.30. The molecule has 1 unspecified atom stereocenters. The van der Waals surface area contributed by atoms with Gasteiger partial charge in [-0.15, -0.1) is 5.10 Å². The quantitative estimate of drug-likeness (QED) is 0.587. The first-order valence-corrected chi connectivity index (χ1v) is 12.5. The number of carbonyl (C=O) groups excluding carboxylic acids is 1. The lowest BCUT2D eigenvalue weighted by Crippen LogP contribution is -2.39. The zero-order chi connectivity index (χ0) is 23.6. The molecule has 1 N–H and O–H groups in total. The van der Waals surface area contributed by atoms with Gasteiger partial charge in [-0.25, -0.2) is 8.42 Å². The zero-order valence-corrected chi connectivity index (χ0v) is 19.9. The Balaban J connectivity index is 1.41. The fourth-order valence-electron chi connectivity index (χ4n) is 4.04. The number of nitrogens with one attached hydrogen (secondary N) is 1. The second-order valence-electron chi connectivity index (χ2n) is 8.70. The van der Waals surface area contributed by atoms with Crippen molar-refractivity contribution in [2.24, 2.45) is 5.92 Å². The Kier molecular flexibility index (Phi) is 6.62. The fourth-order valence-corrected chi connectivity index (χ4v) is 5.64. The number of sulfonamides is 1. The summed E-state index contributed by atoms with van der Waals surface area (Å²) in [5.74, 6) is 0.287. The third kappa shape index (κ3) is 5.31. The number of piperidine rings is 1. The van der Waals surface area contributed by atoms with Crippen LogP contribution in [0.4, 0.5) is 6.01 Å². The highest BCUT2D eigenvalue weighted by atomic mass is 32.2. The Labute approximate surface area is 194 Å². The molecule has 1 aliphatic rings. The van der Waals surface area contributed by atoms with Crippen LogP contribution in [-0.2, 0) is 16.4 Å². The van der Waals surface area contributed by atoms with Gasteiger partial charge in [-0.3, -0.25) is 10.1 Å². The molecule has 9 heteroatoms. The zero-order valence-electron chi connectivity index (χ0n) is 19.0. The molecule has 0 spiro atoms. The van der Waals surface area contributed by atoms with Crippen molar-refractivity contribution in [1.82, 2.24) is 14.5 Å². The molecular weight excluding hydrogens is 440 g/mol. The molecule has 0 bridgehead atoms. The minimum absolute atomic E-state index is 0.00114. The van der Waals surface area contributed by atoms with Crippen molar-refractivity contribution in [2.45, 2.75) is 44.9 Å². The minimum Gasteiger partial charge on any atom is -0.407 e. The number of benzene rings is 2. The smallest absolute Gasteiger partial charge is 0.322 e. The van der Waals surface area contributed by atoms with Crippen LogP contribution in [0.15, 0.2) is 51.8 Å². The molecule has 1 fully saturated rings. The maximum absolute atomic E-state index is 12.9. The van der Waals surface area contributed by atoms with Gasteiger partial charge in [-0.2, -0.15) is 4.31 Å². The molecule has 1 saturated heterocycles. The number of hydrogen-bond donors (Lipinski definition) is 1. The first-order valence-electron chi connectivity index (χ1n) is 11.0. The van der Waals surface area contributed by atoms with Crippen LogP contribution in [0.2, 0.25) is 0 Å². The number of aryl methyl sites for hydroxylation is 2. The molecule has 1 amide bonds. The first kappa shape index (κ1) is 23.1. The summed E-state index contributed by atoms with van der Waals surface area (Å²) in [6.45, 7) is 7.16. The molecule has 1 aliphatic heterocycles. The summed E-state index contributed by atoms with van der Waals surface area (Å²) >= 11 is 0. The summed E-state index contributed by atoms with van der Waals surface area (Å²) in [7, 11) is -3.57. The summed E-state index contributed by atoms with van der Waals surface area (Å²) in [6, 6.07) is 12.0. The van der Waals surface area contributed by atoms with E-state index in [9.17, 15) is 13.2 Å². The van der Waals surface area contributed by atoms with Crippen molar-refractivity contribution >= 4 is 21.9 Å². The molecule has 1 aromatic heterocycles. The predicted octanol–water partition coefficient (Wildman–Crippen LogP) is 3.95. The molecular formula is C24H28N4O4S. The number of carbonyl (C=O) groups is 1. The molecule has 1 atom stereocenters. The van der Waals surface area contributed by atoms with Crippen LogP contribution in [-0.4, -0.2) is 41.9 Å². The fraction of sp³-hybridized carbons (Fsp3) is 0.375. The highest BCUT2D eigenvalue weighted by Gasteiger charge is 2.28. The van der Waals surface area contributed by atoms with Crippen molar-refractivity contribution in [3.05, 3.63) is 70.6 Å². The summed E-state index contributed by atoms with van der Waals surface area (Å²) in [4.78, 5) is 12.8. The van der Waals surface area contributed by atoms with Crippen molar-refractivity contribution in [1.29, 1.82) is 0 Å². The van der Waals surface area contributed by atoms with Crippen LogP contribution in [0, 0.1) is 19.8 Å². The average Bonchev–Trinajstić information content (AvgIpc) is 3.22. The van der Waals surface area contributed by atoms with Gasteiger partial charge in [0.2, 0.25) is 15.9 Å². The number of hydrogen-bond acceptors (Lipinski definition) is 6. The summed E-state index contributed by atoms with van der Waals surface area (Å²) in [5.41, 5.74) is 3.68. The van der Waals surface area contributed by atoms with Crippen molar-refractivity contribution in [2.75, 3.05) is 18.4 Å². The maximum Gasteiger partial charge on any atom is 0.322 e. The van der Waals surface area contributed by atoms with Crippen molar-refractivity contribution in [3.8, 4) is 0 Å². The Bertz CT molecular complexity index is 1250. The van der Waals surface area contributed by atoms with Crippen molar-refractivity contribution in [3.63, 3.8) is 0 Å². The molecule has 2 aromatic carbocycles. The number of nitrogens with zero attached hydrogens (tertiary/aromatic N) is 3. The molecule has 3 aromatic rings. The van der Waals surface area contributed by atoms with Gasteiger partial charge in [-0.05, 0) is 68.0 Å². The molecule has 2 heterocycles. The average molecular weight is 469 g/mol. The molecule has 0 aliphatic carbocycles. The predicted molar refractivity (Wildman–Crippen MR) is 125 cm³/mol. The Morgan fingerprint density at radius 3 is 2.61 bits per heavy atom. The topological polar surface area (TPSA) is 105 Å². The molecule has 0 saturated carbocycles.